The van der Waals surface area contributed by atoms with E-state index in [1.165, 1.54) is 42.2 Å². The molecule has 0 spiro atoms. The Morgan fingerprint density at radius 3 is 2.67 bits per heavy atom. The molecule has 0 radical (unpaired) electrons. The lowest BCUT2D eigenvalue weighted by Crippen LogP contribution is -2.26. The van der Waals surface area contributed by atoms with Gasteiger partial charge in [0.1, 0.15) is 11.8 Å². The normalized spacial score (nSPS) is 12.8. The smallest absolute Gasteiger partial charge is 0.249 e. The van der Waals surface area contributed by atoms with Gasteiger partial charge in [-0.25, -0.2) is 8.42 Å². The standard InChI is InChI=1S/C15H18ClN3O4S/c1-3-13(19-9-10(16)8-17-19)15(21)18-12-7-11(5-6-14(12)20)24(22,23)4-2/h5-9,13,20H,3-4H2,1-2H3,(H,18,21). The molecule has 0 aliphatic heterocycles. The minimum atomic E-state index is -3.45. The van der Waals surface area contributed by atoms with Crippen LogP contribution in [0, 0.1) is 0 Å². The highest BCUT2D eigenvalue weighted by atomic mass is 35.5. The van der Waals surface area contributed by atoms with Crippen molar-refractivity contribution in [1.29, 1.82) is 0 Å². The van der Waals surface area contributed by atoms with Crippen LogP contribution in [0.25, 0.3) is 0 Å². The van der Waals surface area contributed by atoms with E-state index in [2.05, 4.69) is 10.4 Å². The Labute approximate surface area is 145 Å². The first-order valence-corrected chi connectivity index (χ1v) is 9.37. The predicted octanol–water partition coefficient (Wildman–Crippen LogP) is 2.63. The number of phenolic OH excluding ortho intramolecular Hbond substituents is 1. The molecule has 2 rings (SSSR count). The van der Waals surface area contributed by atoms with Crippen molar-refractivity contribution in [3.63, 3.8) is 0 Å². The lowest BCUT2D eigenvalue weighted by molar-refractivity contribution is -0.119. The van der Waals surface area contributed by atoms with Crippen LogP contribution in [0.3, 0.4) is 0 Å². The maximum absolute atomic E-state index is 12.5. The molecular weight excluding hydrogens is 354 g/mol. The molecule has 0 saturated carbocycles. The summed E-state index contributed by atoms with van der Waals surface area (Å²) in [6, 6.07) is 3.15. The fourth-order valence-electron chi connectivity index (χ4n) is 2.17. The third-order valence-corrected chi connectivity index (χ3v) is 5.47. The number of hydrogen-bond acceptors (Lipinski definition) is 5. The fourth-order valence-corrected chi connectivity index (χ4v) is 3.22. The Morgan fingerprint density at radius 1 is 1.42 bits per heavy atom. The molecule has 1 amide bonds. The van der Waals surface area contributed by atoms with Crippen molar-refractivity contribution in [2.45, 2.75) is 31.2 Å². The minimum Gasteiger partial charge on any atom is -0.506 e. The van der Waals surface area contributed by atoms with Crippen LogP contribution < -0.4 is 5.32 Å². The van der Waals surface area contributed by atoms with Crippen LogP contribution in [-0.4, -0.2) is 35.0 Å². The molecule has 0 aliphatic carbocycles. The van der Waals surface area contributed by atoms with Crippen molar-refractivity contribution in [2.24, 2.45) is 0 Å². The van der Waals surface area contributed by atoms with Crippen molar-refractivity contribution in [3.8, 4) is 5.75 Å². The number of sulfone groups is 1. The molecule has 0 bridgehead atoms. The van der Waals surface area contributed by atoms with Gasteiger partial charge in [0, 0.05) is 6.20 Å². The van der Waals surface area contributed by atoms with Gasteiger partial charge in [-0.1, -0.05) is 25.4 Å². The first-order valence-electron chi connectivity index (χ1n) is 7.34. The largest absolute Gasteiger partial charge is 0.506 e. The fraction of sp³-hybridized carbons (Fsp3) is 0.333. The first-order chi connectivity index (χ1) is 11.3. The number of amides is 1. The number of carbonyl (C=O) groups excluding carboxylic acids is 1. The zero-order valence-electron chi connectivity index (χ0n) is 13.2. The van der Waals surface area contributed by atoms with E-state index in [1.807, 2.05) is 0 Å². The Morgan fingerprint density at radius 2 is 2.12 bits per heavy atom. The van der Waals surface area contributed by atoms with E-state index in [9.17, 15) is 18.3 Å². The van der Waals surface area contributed by atoms with Crippen molar-refractivity contribution in [1.82, 2.24) is 9.78 Å². The van der Waals surface area contributed by atoms with Crippen molar-refractivity contribution in [2.75, 3.05) is 11.1 Å². The summed E-state index contributed by atoms with van der Waals surface area (Å²) in [5.74, 6) is -0.723. The van der Waals surface area contributed by atoms with Gasteiger partial charge in [0.15, 0.2) is 9.84 Å². The molecule has 2 aromatic rings. The van der Waals surface area contributed by atoms with Crippen LogP contribution in [0.15, 0.2) is 35.5 Å². The maximum Gasteiger partial charge on any atom is 0.249 e. The summed E-state index contributed by atoms with van der Waals surface area (Å²) >= 11 is 5.82. The molecule has 1 unspecified atom stereocenters. The second-order valence-electron chi connectivity index (χ2n) is 5.13. The van der Waals surface area contributed by atoms with E-state index in [0.717, 1.165) is 0 Å². The molecule has 0 saturated heterocycles. The van der Waals surface area contributed by atoms with E-state index in [0.29, 0.717) is 11.4 Å². The third-order valence-electron chi connectivity index (χ3n) is 3.54. The average molecular weight is 372 g/mol. The maximum atomic E-state index is 12.5. The van der Waals surface area contributed by atoms with Crippen LogP contribution in [0.5, 0.6) is 5.75 Å². The lowest BCUT2D eigenvalue weighted by atomic mass is 10.2. The van der Waals surface area contributed by atoms with Gasteiger partial charge in [-0.3, -0.25) is 9.48 Å². The van der Waals surface area contributed by atoms with Crippen molar-refractivity contribution < 1.29 is 18.3 Å². The molecule has 2 N–H and O–H groups in total. The van der Waals surface area contributed by atoms with Crippen LogP contribution >= 0.6 is 11.6 Å². The molecule has 1 aromatic carbocycles. The summed E-state index contributed by atoms with van der Waals surface area (Å²) in [5, 5.41) is 16.9. The molecular formula is C15H18ClN3O4S. The van der Waals surface area contributed by atoms with Gasteiger partial charge >= 0.3 is 0 Å². The zero-order valence-corrected chi connectivity index (χ0v) is 14.8. The van der Waals surface area contributed by atoms with Crippen LogP contribution in [-0.2, 0) is 14.6 Å². The van der Waals surface area contributed by atoms with E-state index >= 15 is 0 Å². The molecule has 1 heterocycles. The Bertz CT molecular complexity index is 848. The number of carbonyl (C=O) groups is 1. The van der Waals surface area contributed by atoms with Gasteiger partial charge in [0.25, 0.3) is 0 Å². The number of nitrogens with one attached hydrogen (secondary N) is 1. The van der Waals surface area contributed by atoms with E-state index < -0.39 is 21.8 Å². The topological polar surface area (TPSA) is 101 Å². The Balaban J connectivity index is 2.29. The van der Waals surface area contributed by atoms with Gasteiger partial charge in [-0.15, -0.1) is 0 Å². The van der Waals surface area contributed by atoms with Crippen molar-refractivity contribution >= 4 is 33.0 Å². The van der Waals surface area contributed by atoms with Gasteiger partial charge in [0.05, 0.1) is 27.6 Å². The second-order valence-corrected chi connectivity index (χ2v) is 7.85. The molecule has 9 heteroatoms. The highest BCUT2D eigenvalue weighted by molar-refractivity contribution is 7.91. The number of benzene rings is 1. The molecule has 1 atom stereocenters. The Hall–Kier alpha value is -2.06. The third kappa shape index (κ3) is 3.88. The van der Waals surface area contributed by atoms with Gasteiger partial charge in [-0.05, 0) is 24.6 Å². The minimum absolute atomic E-state index is 0.0335. The number of halogens is 1. The number of rotatable bonds is 6. The van der Waals surface area contributed by atoms with Crippen LogP contribution in [0.4, 0.5) is 5.69 Å². The SMILES string of the molecule is CCC(C(=O)Nc1cc(S(=O)(=O)CC)ccc1O)n1cc(Cl)cn1. The van der Waals surface area contributed by atoms with E-state index in [1.54, 1.807) is 6.92 Å². The molecule has 130 valence electrons. The zero-order chi connectivity index (χ0) is 17.9. The van der Waals surface area contributed by atoms with Crippen LogP contribution in [0.1, 0.15) is 26.3 Å². The van der Waals surface area contributed by atoms with Gasteiger partial charge in [-0.2, -0.15) is 5.10 Å². The summed E-state index contributed by atoms with van der Waals surface area (Å²) < 4.78 is 25.3. The Kier molecular flexibility index (Phi) is 5.51. The molecule has 0 aliphatic rings. The molecule has 24 heavy (non-hydrogen) atoms. The number of aromatic hydroxyl groups is 1. The quantitative estimate of drug-likeness (QED) is 0.760. The molecule has 7 nitrogen and oxygen atoms in total. The summed E-state index contributed by atoms with van der Waals surface area (Å²) in [7, 11) is -3.45. The highest BCUT2D eigenvalue weighted by Crippen LogP contribution is 2.28. The summed E-state index contributed by atoms with van der Waals surface area (Å²) in [6.07, 6.45) is 3.38. The van der Waals surface area contributed by atoms with Gasteiger partial charge < -0.3 is 10.4 Å². The number of anilines is 1. The monoisotopic (exact) mass is 371 g/mol. The number of phenols is 1. The van der Waals surface area contributed by atoms with E-state index in [-0.39, 0.29) is 22.1 Å². The predicted molar refractivity (Wildman–Crippen MR) is 91.0 cm³/mol. The number of nitrogens with zero attached hydrogens (tertiary/aromatic N) is 2. The summed E-state index contributed by atoms with van der Waals surface area (Å²) in [6.45, 7) is 3.33. The summed E-state index contributed by atoms with van der Waals surface area (Å²) in [5.41, 5.74) is 0.0335. The highest BCUT2D eigenvalue weighted by Gasteiger charge is 2.22. The van der Waals surface area contributed by atoms with Crippen molar-refractivity contribution in [3.05, 3.63) is 35.6 Å². The van der Waals surface area contributed by atoms with Crippen LogP contribution in [0.2, 0.25) is 5.02 Å². The van der Waals surface area contributed by atoms with Gasteiger partial charge in [0.2, 0.25) is 5.91 Å². The molecule has 1 aromatic heterocycles. The second kappa shape index (κ2) is 7.23. The molecule has 0 fully saturated rings. The first kappa shape index (κ1) is 18.3. The lowest BCUT2D eigenvalue weighted by Gasteiger charge is -2.16. The summed E-state index contributed by atoms with van der Waals surface area (Å²) in [4.78, 5) is 12.5. The number of hydrogen-bond donors (Lipinski definition) is 2. The van der Waals surface area contributed by atoms with E-state index in [4.69, 9.17) is 11.6 Å². The average Bonchev–Trinajstić information content (AvgIpc) is 2.96. The number of aromatic nitrogens is 2.